The van der Waals surface area contributed by atoms with E-state index in [2.05, 4.69) is 0 Å². The minimum absolute atomic E-state index is 0. The molecule has 0 amide bonds. The summed E-state index contributed by atoms with van der Waals surface area (Å²) in [6.07, 6.45) is 0. The molecular weight excluding hydrogens is 201 g/mol. The van der Waals surface area contributed by atoms with Gasteiger partial charge in [-0.1, -0.05) is 0 Å². The van der Waals surface area contributed by atoms with Gasteiger partial charge in [-0.05, 0) is 0 Å². The van der Waals surface area contributed by atoms with Gasteiger partial charge in [-0.2, -0.15) is 0 Å². The van der Waals surface area contributed by atoms with Crippen LogP contribution in [0.2, 0.25) is 0 Å². The van der Waals surface area contributed by atoms with Crippen LogP contribution in [0.15, 0.2) is 0 Å². The molecule has 0 rings (SSSR count). The quantitative estimate of drug-likeness (QED) is 0.346. The van der Waals surface area contributed by atoms with Gasteiger partial charge >= 0.3 is 0 Å². The monoisotopic (exact) mass is 201 g/mol. The Kier molecular flexibility index (Phi) is 12600. The number of rotatable bonds is 0. The second-order valence-electron chi connectivity index (χ2n) is 0. The zero-order valence-corrected chi connectivity index (χ0v) is 11.1. The summed E-state index contributed by atoms with van der Waals surface area (Å²) in [5.41, 5.74) is 0. The van der Waals surface area contributed by atoms with E-state index < -0.39 is 0 Å². The fourth-order valence-corrected chi connectivity index (χ4v) is 0. The number of hydrogen-bond donors (Lipinski definition) is 0. The van der Waals surface area contributed by atoms with E-state index in [-0.39, 0.29) is 144 Å². The first-order valence-corrected chi connectivity index (χ1v) is 0. The van der Waals surface area contributed by atoms with Gasteiger partial charge in [0, 0.05) is 144 Å². The molecule has 0 spiro atoms. The van der Waals surface area contributed by atoms with Gasteiger partial charge in [0.15, 0.2) is 0 Å². The molecule has 0 nitrogen and oxygen atoms in total. The molecule has 29 valence electrons. The molecule has 0 aromatic carbocycles. The molecule has 0 aromatic rings. The molecule has 0 unspecified atom stereocenters. The van der Waals surface area contributed by atoms with Crippen molar-refractivity contribution in [3.8, 4) is 0 Å². The van der Waals surface area contributed by atoms with Crippen molar-refractivity contribution in [2.75, 3.05) is 0 Å². The fourth-order valence-electron chi connectivity index (χ4n) is 0. The molecule has 0 heterocycles. The van der Waals surface area contributed by atoms with E-state index in [9.17, 15) is 0 Å². The Morgan fingerprint density at radius 2 is 0.154 bits per heavy atom. The first-order chi connectivity index (χ1) is 0. The Morgan fingerprint density at radius 3 is 0.154 bits per heavy atom. The Morgan fingerprint density at radius 1 is 0.154 bits per heavy atom. The van der Waals surface area contributed by atoms with Gasteiger partial charge in [0.05, 0.1) is 0 Å². The SMILES string of the molecule is [Be].[Be].[Be].[Be].[Be].[Be].[Be].[Be].[Be].[Be].[Be].[Be].[Nb]. The van der Waals surface area contributed by atoms with Crippen molar-refractivity contribution in [2.24, 2.45) is 0 Å². The Balaban J connectivity index is 0. The van der Waals surface area contributed by atoms with Crippen LogP contribution in [-0.4, -0.2) is 121 Å². The third-order valence-corrected chi connectivity index (χ3v) is 0. The standard InChI is InChI=1S/12Be.Nb. The van der Waals surface area contributed by atoms with Gasteiger partial charge in [0.25, 0.3) is 0 Å². The predicted octanol–water partition coefficient (Wildman–Crippen LogP) is -4.57. The van der Waals surface area contributed by atoms with Crippen molar-refractivity contribution < 1.29 is 22.4 Å². The maximum absolute atomic E-state index is 0. The van der Waals surface area contributed by atoms with Crippen molar-refractivity contribution in [3.05, 3.63) is 0 Å². The molecule has 25 radical (unpaired) electrons. The number of hydrogen-bond acceptors (Lipinski definition) is 0. The van der Waals surface area contributed by atoms with Crippen LogP contribution in [0.4, 0.5) is 0 Å². The van der Waals surface area contributed by atoms with Gasteiger partial charge in [-0.15, -0.1) is 0 Å². The molecule has 0 aliphatic rings. The molecule has 0 saturated carbocycles. The Labute approximate surface area is 143 Å². The molecule has 0 aliphatic carbocycles. The van der Waals surface area contributed by atoms with E-state index in [0.717, 1.165) is 0 Å². The minimum Gasteiger partial charge on any atom is 0 e. The third-order valence-electron chi connectivity index (χ3n) is 0. The molecule has 0 aromatic heterocycles. The molecule has 13 heavy (non-hydrogen) atoms. The normalized spacial score (nSPS) is 0. The summed E-state index contributed by atoms with van der Waals surface area (Å²) in [7, 11) is 0. The molecule has 0 N–H and O–H groups in total. The fraction of sp³-hybridized carbons (Fsp3) is 0. The van der Waals surface area contributed by atoms with Crippen LogP contribution in [-0.2, 0) is 22.4 Å². The van der Waals surface area contributed by atoms with Crippen molar-refractivity contribution in [1.82, 2.24) is 0 Å². The van der Waals surface area contributed by atoms with Gasteiger partial charge in [0.1, 0.15) is 0 Å². The molecule has 0 fully saturated rings. The van der Waals surface area contributed by atoms with E-state index in [1.54, 1.807) is 0 Å². The van der Waals surface area contributed by atoms with Crippen molar-refractivity contribution in [2.45, 2.75) is 0 Å². The summed E-state index contributed by atoms with van der Waals surface area (Å²) in [6, 6.07) is 0. The second kappa shape index (κ2) is 366. The topological polar surface area (TPSA) is 0 Å². The zero-order chi connectivity index (χ0) is 0. The van der Waals surface area contributed by atoms with Crippen LogP contribution in [0.1, 0.15) is 0 Å². The second-order valence-corrected chi connectivity index (χ2v) is 0. The first-order valence-electron chi connectivity index (χ1n) is 0. The average molecular weight is 201 g/mol. The summed E-state index contributed by atoms with van der Waals surface area (Å²) in [5, 5.41) is 0. The van der Waals surface area contributed by atoms with E-state index in [1.807, 2.05) is 0 Å². The van der Waals surface area contributed by atoms with Crippen LogP contribution in [0.5, 0.6) is 0 Å². The minimum atomic E-state index is 0. The van der Waals surface area contributed by atoms with E-state index in [4.69, 9.17) is 0 Å². The largest absolute Gasteiger partial charge is 0 e. The van der Waals surface area contributed by atoms with Crippen LogP contribution < -0.4 is 0 Å². The van der Waals surface area contributed by atoms with E-state index in [0.29, 0.717) is 0 Å². The van der Waals surface area contributed by atoms with Crippen LogP contribution >= 0.6 is 0 Å². The third kappa shape index (κ3) is 314. The molecule has 0 saturated heterocycles. The van der Waals surface area contributed by atoms with E-state index >= 15 is 0 Å². The van der Waals surface area contributed by atoms with Gasteiger partial charge < -0.3 is 0 Å². The molecule has 0 aliphatic heterocycles. The van der Waals surface area contributed by atoms with Gasteiger partial charge in [-0.3, -0.25) is 0 Å². The summed E-state index contributed by atoms with van der Waals surface area (Å²) in [4.78, 5) is 0. The van der Waals surface area contributed by atoms with Gasteiger partial charge in [0.2, 0.25) is 0 Å². The summed E-state index contributed by atoms with van der Waals surface area (Å²) in [6.45, 7) is 0. The van der Waals surface area contributed by atoms with Crippen LogP contribution in [0.25, 0.3) is 0 Å². The summed E-state index contributed by atoms with van der Waals surface area (Å²) < 4.78 is 0. The first kappa shape index (κ1) is 449. The van der Waals surface area contributed by atoms with E-state index in [1.165, 1.54) is 0 Å². The Hall–Kier alpha value is 2.77. The summed E-state index contributed by atoms with van der Waals surface area (Å²) >= 11 is 0. The van der Waals surface area contributed by atoms with Crippen molar-refractivity contribution in [1.29, 1.82) is 0 Å². The molecule has 13 heteroatoms. The van der Waals surface area contributed by atoms with Crippen LogP contribution in [0.3, 0.4) is 0 Å². The molecular formula is Be12Nb. The zero-order valence-electron chi connectivity index (χ0n) is 8.93. The predicted molar refractivity (Wildman–Crippen MR) is 69.0 cm³/mol. The smallest absolute Gasteiger partial charge is 0 e. The van der Waals surface area contributed by atoms with Gasteiger partial charge in [-0.25, -0.2) is 0 Å². The average Bonchev–Trinajstić information content (AvgIpc) is 0. The van der Waals surface area contributed by atoms with Crippen molar-refractivity contribution >= 4 is 121 Å². The van der Waals surface area contributed by atoms with Crippen molar-refractivity contribution in [3.63, 3.8) is 0 Å². The van der Waals surface area contributed by atoms with Crippen LogP contribution in [0, 0.1) is 0 Å². The molecule has 0 atom stereocenters. The maximum Gasteiger partial charge on any atom is 0 e. The Bertz CT molecular complexity index is 5.09. The molecule has 0 bridgehead atoms. The summed E-state index contributed by atoms with van der Waals surface area (Å²) in [5.74, 6) is 0. The maximum atomic E-state index is 0.